The molecule has 2 amide bonds. The van der Waals surface area contributed by atoms with E-state index in [2.05, 4.69) is 38.4 Å². The minimum Gasteiger partial charge on any atom is -0.493 e. The fourth-order valence-corrected chi connectivity index (χ4v) is 4.13. The fourth-order valence-electron chi connectivity index (χ4n) is 3.38. The van der Waals surface area contributed by atoms with Gasteiger partial charge in [-0.15, -0.1) is 0 Å². The van der Waals surface area contributed by atoms with Crippen LogP contribution in [0.2, 0.25) is 5.02 Å². The molecule has 3 rings (SSSR count). The molecule has 0 aliphatic heterocycles. The van der Waals surface area contributed by atoms with E-state index in [1.807, 2.05) is 19.9 Å². The highest BCUT2D eigenvalue weighted by Crippen LogP contribution is 2.36. The van der Waals surface area contributed by atoms with E-state index in [1.54, 1.807) is 48.5 Å². The Kier molecular flexibility index (Phi) is 11.4. The van der Waals surface area contributed by atoms with Gasteiger partial charge in [0.15, 0.2) is 29.6 Å². The van der Waals surface area contributed by atoms with Crippen molar-refractivity contribution in [2.75, 3.05) is 32.2 Å². The number of ether oxygens (including phenoxy) is 4. The molecule has 2 N–H and O–H groups in total. The summed E-state index contributed by atoms with van der Waals surface area (Å²) < 4.78 is 22.8. The van der Waals surface area contributed by atoms with Crippen molar-refractivity contribution in [2.24, 2.45) is 5.10 Å². The number of nitrogens with zero attached hydrogens (tertiary/aromatic N) is 1. The quantitative estimate of drug-likeness (QED) is 0.133. The van der Waals surface area contributed by atoms with Crippen molar-refractivity contribution in [1.82, 2.24) is 5.43 Å². The number of anilines is 1. The zero-order chi connectivity index (χ0) is 29.1. The number of benzene rings is 3. The van der Waals surface area contributed by atoms with Gasteiger partial charge in [0.1, 0.15) is 6.61 Å². The van der Waals surface area contributed by atoms with Gasteiger partial charge < -0.3 is 24.3 Å². The van der Waals surface area contributed by atoms with E-state index in [9.17, 15) is 9.59 Å². The monoisotopic (exact) mass is 629 g/mol. The summed E-state index contributed by atoms with van der Waals surface area (Å²) in [6.45, 7) is 7.81. The lowest BCUT2D eigenvalue weighted by molar-refractivity contribution is -0.118. The van der Waals surface area contributed by atoms with Crippen LogP contribution in [-0.2, 0) is 4.79 Å². The molecule has 3 aromatic rings. The molecule has 0 heterocycles. The molecule has 0 radical (unpaired) electrons. The van der Waals surface area contributed by atoms with Crippen molar-refractivity contribution in [3.05, 3.63) is 87.4 Å². The standard InChI is InChI=1S/C29H29BrClN3O6/c1-5-11-39-24-10-8-20(14-25(24)38-6-2)29(36)34-32-16-19-12-22(30)28(26(13-19)37-4)40-17-27(35)33-21-9-7-18(3)23(31)15-21/h5,7-10,12-16H,1,6,11,17H2,2-4H3,(H,33,35)(H,34,36)/b32-16+. The molecule has 0 aromatic heterocycles. The number of rotatable bonds is 13. The molecule has 0 aliphatic rings. The Labute approximate surface area is 246 Å². The molecule has 0 fully saturated rings. The SMILES string of the molecule is C=CCOc1ccc(C(=O)N/N=C/c2cc(Br)c(OCC(=O)Nc3ccc(C)c(Cl)c3)c(OC)c2)cc1OCC. The van der Waals surface area contributed by atoms with Crippen LogP contribution in [0.25, 0.3) is 0 Å². The first-order valence-corrected chi connectivity index (χ1v) is 13.3. The van der Waals surface area contributed by atoms with Crippen LogP contribution in [-0.4, -0.2) is 45.0 Å². The molecule has 0 atom stereocenters. The number of halogens is 2. The molecular formula is C29H29BrClN3O6. The van der Waals surface area contributed by atoms with Crippen LogP contribution in [0.1, 0.15) is 28.4 Å². The summed E-state index contributed by atoms with van der Waals surface area (Å²) in [7, 11) is 1.48. The Morgan fingerprint density at radius 3 is 2.55 bits per heavy atom. The van der Waals surface area contributed by atoms with Gasteiger partial charge in [0, 0.05) is 16.3 Å². The van der Waals surface area contributed by atoms with Crippen LogP contribution in [0.5, 0.6) is 23.0 Å². The number of hydrogen-bond donors (Lipinski definition) is 2. The van der Waals surface area contributed by atoms with Gasteiger partial charge in [0.05, 0.1) is 24.4 Å². The number of nitrogens with one attached hydrogen (secondary N) is 2. The second-order valence-electron chi connectivity index (χ2n) is 8.23. The Hall–Kier alpha value is -4.02. The minimum atomic E-state index is -0.431. The van der Waals surface area contributed by atoms with Crippen LogP contribution < -0.4 is 29.7 Å². The molecule has 3 aromatic carbocycles. The second-order valence-corrected chi connectivity index (χ2v) is 9.49. The van der Waals surface area contributed by atoms with Crippen LogP contribution in [0.15, 0.2) is 70.8 Å². The summed E-state index contributed by atoms with van der Waals surface area (Å²) in [5.74, 6) is 0.863. The Morgan fingerprint density at radius 2 is 1.85 bits per heavy atom. The number of carbonyl (C=O) groups is 2. The third-order valence-electron chi connectivity index (χ3n) is 5.30. The molecule has 0 unspecified atom stereocenters. The number of amides is 2. The highest BCUT2D eigenvalue weighted by atomic mass is 79.9. The summed E-state index contributed by atoms with van der Waals surface area (Å²) in [4.78, 5) is 25.0. The highest BCUT2D eigenvalue weighted by Gasteiger charge is 2.15. The normalized spacial score (nSPS) is 10.6. The highest BCUT2D eigenvalue weighted by molar-refractivity contribution is 9.10. The van der Waals surface area contributed by atoms with Gasteiger partial charge >= 0.3 is 0 Å². The van der Waals surface area contributed by atoms with Crippen molar-refractivity contribution in [1.29, 1.82) is 0 Å². The van der Waals surface area contributed by atoms with Crippen LogP contribution in [0.4, 0.5) is 5.69 Å². The molecular weight excluding hydrogens is 602 g/mol. The van der Waals surface area contributed by atoms with Crippen LogP contribution in [0, 0.1) is 6.92 Å². The molecule has 0 spiro atoms. The molecule has 210 valence electrons. The lowest BCUT2D eigenvalue weighted by Crippen LogP contribution is -2.20. The predicted molar refractivity (Wildman–Crippen MR) is 159 cm³/mol. The Bertz CT molecular complexity index is 1410. The van der Waals surface area contributed by atoms with Gasteiger partial charge in [-0.05, 0) is 83.4 Å². The molecule has 0 saturated carbocycles. The lowest BCUT2D eigenvalue weighted by atomic mass is 10.2. The number of hydrazone groups is 1. The molecule has 0 saturated heterocycles. The van der Waals surface area contributed by atoms with Crippen molar-refractivity contribution in [3.8, 4) is 23.0 Å². The third kappa shape index (κ3) is 8.49. The topological polar surface area (TPSA) is 107 Å². The van der Waals surface area contributed by atoms with Gasteiger partial charge in [-0.3, -0.25) is 9.59 Å². The summed E-state index contributed by atoms with van der Waals surface area (Å²) >= 11 is 9.56. The van der Waals surface area contributed by atoms with Gasteiger partial charge in [-0.25, -0.2) is 5.43 Å². The first-order valence-electron chi connectivity index (χ1n) is 12.2. The smallest absolute Gasteiger partial charge is 0.271 e. The van der Waals surface area contributed by atoms with Crippen molar-refractivity contribution in [2.45, 2.75) is 13.8 Å². The predicted octanol–water partition coefficient (Wildman–Crippen LogP) is 6.16. The molecule has 0 bridgehead atoms. The minimum absolute atomic E-state index is 0.259. The number of methoxy groups -OCH3 is 1. The molecule has 9 nitrogen and oxygen atoms in total. The first kappa shape index (κ1) is 30.5. The summed E-state index contributed by atoms with van der Waals surface area (Å²) in [6, 6.07) is 13.5. The Balaban J connectivity index is 1.64. The molecule has 0 aliphatic carbocycles. The van der Waals surface area contributed by atoms with E-state index in [1.165, 1.54) is 13.3 Å². The van der Waals surface area contributed by atoms with E-state index in [0.717, 1.165) is 5.56 Å². The van der Waals surface area contributed by atoms with E-state index in [0.29, 0.717) is 62.5 Å². The number of aryl methyl sites for hydroxylation is 1. The van der Waals surface area contributed by atoms with Gasteiger partial charge in [-0.1, -0.05) is 30.3 Å². The molecule has 40 heavy (non-hydrogen) atoms. The maximum atomic E-state index is 12.6. The zero-order valence-corrected chi connectivity index (χ0v) is 24.6. The summed E-state index contributed by atoms with van der Waals surface area (Å²) in [6.07, 6.45) is 3.07. The average molecular weight is 631 g/mol. The van der Waals surface area contributed by atoms with Gasteiger partial charge in [0.25, 0.3) is 11.8 Å². The van der Waals surface area contributed by atoms with E-state index < -0.39 is 5.91 Å². The number of hydrogen-bond acceptors (Lipinski definition) is 7. The second kappa shape index (κ2) is 14.9. The first-order chi connectivity index (χ1) is 19.2. The largest absolute Gasteiger partial charge is 0.493 e. The van der Waals surface area contributed by atoms with E-state index in [-0.39, 0.29) is 12.5 Å². The lowest BCUT2D eigenvalue weighted by Gasteiger charge is -2.14. The number of carbonyl (C=O) groups excluding carboxylic acids is 2. The van der Waals surface area contributed by atoms with Crippen LogP contribution >= 0.6 is 27.5 Å². The summed E-state index contributed by atoms with van der Waals surface area (Å²) in [5, 5.41) is 7.34. The average Bonchev–Trinajstić information content (AvgIpc) is 2.93. The van der Waals surface area contributed by atoms with Crippen molar-refractivity contribution in [3.63, 3.8) is 0 Å². The van der Waals surface area contributed by atoms with Crippen LogP contribution in [0.3, 0.4) is 0 Å². The van der Waals surface area contributed by atoms with E-state index >= 15 is 0 Å². The van der Waals surface area contributed by atoms with Crippen molar-refractivity contribution < 1.29 is 28.5 Å². The fraction of sp³-hybridized carbons (Fsp3) is 0.207. The van der Waals surface area contributed by atoms with Gasteiger partial charge in [-0.2, -0.15) is 5.10 Å². The maximum absolute atomic E-state index is 12.6. The maximum Gasteiger partial charge on any atom is 0.271 e. The van der Waals surface area contributed by atoms with Gasteiger partial charge in [0.2, 0.25) is 0 Å². The summed E-state index contributed by atoms with van der Waals surface area (Å²) in [5.41, 5.74) is 4.92. The molecule has 11 heteroatoms. The third-order valence-corrected chi connectivity index (χ3v) is 6.29. The zero-order valence-electron chi connectivity index (χ0n) is 22.3. The van der Waals surface area contributed by atoms with E-state index in [4.69, 9.17) is 30.5 Å². The van der Waals surface area contributed by atoms with Crippen molar-refractivity contribution >= 4 is 51.2 Å². The Morgan fingerprint density at radius 1 is 1.05 bits per heavy atom.